The minimum absolute atomic E-state index is 0.0181. The molecule has 1 N–H and O–H groups in total. The average Bonchev–Trinajstić information content (AvgIpc) is 3.22. The maximum absolute atomic E-state index is 13.0. The molecule has 1 aliphatic rings. The van der Waals surface area contributed by atoms with Gasteiger partial charge >= 0.3 is 6.18 Å². The maximum atomic E-state index is 13.0. The zero-order valence-corrected chi connectivity index (χ0v) is 19.1. The topological polar surface area (TPSA) is 135 Å². The number of alkyl halides is 3. The minimum atomic E-state index is -4.56. The summed E-state index contributed by atoms with van der Waals surface area (Å²) in [6.07, 6.45) is 1.23. The van der Waals surface area contributed by atoms with Crippen LogP contribution in [-0.4, -0.2) is 41.8 Å². The summed E-state index contributed by atoms with van der Waals surface area (Å²) < 4.78 is 45.2. The number of ether oxygens (including phenoxy) is 1. The van der Waals surface area contributed by atoms with Crippen molar-refractivity contribution in [3.8, 4) is 11.8 Å². The first-order valence-corrected chi connectivity index (χ1v) is 11.0. The van der Waals surface area contributed by atoms with E-state index in [-0.39, 0.29) is 28.6 Å². The van der Waals surface area contributed by atoms with Crippen LogP contribution in [0.1, 0.15) is 66.2 Å². The predicted octanol–water partition coefficient (Wildman–Crippen LogP) is 3.47. The van der Waals surface area contributed by atoms with Gasteiger partial charge in [0, 0.05) is 18.0 Å². The SMILES string of the molecule is COc1cnc([C@H]2CC[C@@H]2c2nc3c(c(C#N)nn3[C@H](C)c3ccc(C(F)(F)F)nc3)c(=O)[nH]2)nc1. The number of pyridine rings is 1. The number of hydrogen-bond acceptors (Lipinski definition) is 8. The summed E-state index contributed by atoms with van der Waals surface area (Å²) in [6.45, 7) is 1.68. The van der Waals surface area contributed by atoms with Crippen LogP contribution in [0.4, 0.5) is 13.2 Å². The van der Waals surface area contributed by atoms with Crippen molar-refractivity contribution < 1.29 is 17.9 Å². The van der Waals surface area contributed by atoms with E-state index < -0.39 is 23.5 Å². The molecule has 1 saturated carbocycles. The molecule has 36 heavy (non-hydrogen) atoms. The highest BCUT2D eigenvalue weighted by atomic mass is 19.4. The van der Waals surface area contributed by atoms with Crippen LogP contribution in [0.3, 0.4) is 0 Å². The summed E-state index contributed by atoms with van der Waals surface area (Å²) in [6, 6.07) is 3.42. The number of nitrogens with one attached hydrogen (secondary N) is 1. The normalized spacial score (nSPS) is 18.4. The molecule has 5 rings (SSSR count). The van der Waals surface area contributed by atoms with Crippen LogP contribution in [0.2, 0.25) is 0 Å². The number of H-pyrrole nitrogens is 1. The van der Waals surface area contributed by atoms with Crippen LogP contribution >= 0.6 is 0 Å². The van der Waals surface area contributed by atoms with Crippen LogP contribution in [0.15, 0.2) is 35.5 Å². The van der Waals surface area contributed by atoms with E-state index in [0.29, 0.717) is 23.0 Å². The monoisotopic (exact) mass is 496 g/mol. The second-order valence-corrected chi connectivity index (χ2v) is 8.48. The van der Waals surface area contributed by atoms with Gasteiger partial charge < -0.3 is 9.72 Å². The van der Waals surface area contributed by atoms with Gasteiger partial charge in [-0.15, -0.1) is 0 Å². The highest BCUT2D eigenvalue weighted by Crippen LogP contribution is 2.46. The Labute approximate surface area is 201 Å². The van der Waals surface area contributed by atoms with Gasteiger partial charge in [0.15, 0.2) is 17.1 Å². The fraction of sp³-hybridized carbons (Fsp3) is 0.348. The van der Waals surface area contributed by atoms with Gasteiger partial charge in [-0.1, -0.05) is 6.07 Å². The quantitative estimate of drug-likeness (QED) is 0.444. The molecule has 0 amide bonds. The number of nitrogens with zero attached hydrogens (tertiary/aromatic N) is 7. The standard InChI is InChI=1S/C23H19F3N8O2/c1-11(12-3-6-17(28-8-12)23(24,25)26)34-21-18(16(7-27)33-34)22(35)32-20(31-21)15-5-4-14(15)19-29-9-13(36-2)10-30-19/h3,6,8-11,14-15H,4-5H2,1-2H3,(H,31,32,35)/t11-,14+,15+/m1/s1. The van der Waals surface area contributed by atoms with E-state index in [0.717, 1.165) is 25.1 Å². The molecule has 0 bridgehead atoms. The Morgan fingerprint density at radius 1 is 1.17 bits per heavy atom. The summed E-state index contributed by atoms with van der Waals surface area (Å²) >= 11 is 0. The Morgan fingerprint density at radius 3 is 2.44 bits per heavy atom. The first-order chi connectivity index (χ1) is 17.2. The molecular formula is C23H19F3N8O2. The fourth-order valence-electron chi connectivity index (χ4n) is 4.31. The lowest BCUT2D eigenvalue weighted by Gasteiger charge is -2.34. The molecule has 10 nitrogen and oxygen atoms in total. The number of halogens is 3. The molecule has 13 heteroatoms. The van der Waals surface area contributed by atoms with Gasteiger partial charge in [-0.2, -0.15) is 23.5 Å². The molecule has 4 aromatic heterocycles. The van der Waals surface area contributed by atoms with Gasteiger partial charge in [0.1, 0.15) is 28.8 Å². The van der Waals surface area contributed by atoms with Gasteiger partial charge in [-0.25, -0.2) is 19.6 Å². The van der Waals surface area contributed by atoms with E-state index >= 15 is 0 Å². The summed E-state index contributed by atoms with van der Waals surface area (Å²) in [5.74, 6) is 1.31. The third-order valence-electron chi connectivity index (χ3n) is 6.45. The first kappa shape index (κ1) is 23.4. The van der Waals surface area contributed by atoms with E-state index in [1.54, 1.807) is 19.3 Å². The van der Waals surface area contributed by atoms with Gasteiger partial charge in [-0.3, -0.25) is 9.78 Å². The van der Waals surface area contributed by atoms with Crippen molar-refractivity contribution in [3.63, 3.8) is 0 Å². The smallest absolute Gasteiger partial charge is 0.433 e. The second kappa shape index (κ2) is 8.71. The number of methoxy groups -OCH3 is 1. The van der Waals surface area contributed by atoms with Gasteiger partial charge in [-0.05, 0) is 31.4 Å². The van der Waals surface area contributed by atoms with Crippen LogP contribution in [0.25, 0.3) is 11.0 Å². The summed E-state index contributed by atoms with van der Waals surface area (Å²) in [4.78, 5) is 32.6. The van der Waals surface area contributed by atoms with Crippen molar-refractivity contribution in [2.75, 3.05) is 7.11 Å². The highest BCUT2D eigenvalue weighted by Gasteiger charge is 2.38. The third-order valence-corrected chi connectivity index (χ3v) is 6.45. The highest BCUT2D eigenvalue weighted by molar-refractivity contribution is 5.80. The van der Waals surface area contributed by atoms with E-state index in [4.69, 9.17) is 4.74 Å². The number of aromatic nitrogens is 7. The molecule has 0 radical (unpaired) electrons. The summed E-state index contributed by atoms with van der Waals surface area (Å²) in [5.41, 5.74) is -1.08. The van der Waals surface area contributed by atoms with Crippen LogP contribution in [-0.2, 0) is 6.18 Å². The fourth-order valence-corrected chi connectivity index (χ4v) is 4.31. The molecule has 4 aromatic rings. The Morgan fingerprint density at radius 2 is 1.89 bits per heavy atom. The molecule has 0 aromatic carbocycles. The molecule has 0 spiro atoms. The van der Waals surface area contributed by atoms with Gasteiger partial charge in [0.25, 0.3) is 5.56 Å². The molecular weight excluding hydrogens is 477 g/mol. The van der Waals surface area contributed by atoms with Crippen molar-refractivity contribution in [1.29, 1.82) is 5.26 Å². The molecule has 0 aliphatic heterocycles. The zero-order valence-electron chi connectivity index (χ0n) is 19.1. The number of rotatable bonds is 5. The largest absolute Gasteiger partial charge is 0.494 e. The molecule has 1 fully saturated rings. The summed E-state index contributed by atoms with van der Waals surface area (Å²) in [5, 5.41) is 13.8. The van der Waals surface area contributed by atoms with Crippen molar-refractivity contribution >= 4 is 11.0 Å². The van der Waals surface area contributed by atoms with E-state index in [2.05, 4.69) is 30.0 Å². The Hall–Kier alpha value is -4.34. The lowest BCUT2D eigenvalue weighted by atomic mass is 9.72. The van der Waals surface area contributed by atoms with Crippen molar-refractivity contribution in [2.45, 2.75) is 43.8 Å². The number of fused-ring (bicyclic) bond motifs is 1. The van der Waals surface area contributed by atoms with Gasteiger partial charge in [0.05, 0.1) is 25.5 Å². The van der Waals surface area contributed by atoms with Crippen LogP contribution < -0.4 is 10.3 Å². The van der Waals surface area contributed by atoms with Crippen molar-refractivity contribution in [1.82, 2.24) is 34.7 Å². The van der Waals surface area contributed by atoms with E-state index in [1.165, 1.54) is 17.9 Å². The third kappa shape index (κ3) is 3.94. The first-order valence-electron chi connectivity index (χ1n) is 11.0. The Bertz CT molecular complexity index is 1520. The van der Waals surface area contributed by atoms with Gasteiger partial charge in [0.2, 0.25) is 0 Å². The molecule has 4 heterocycles. The number of hydrogen-bond donors (Lipinski definition) is 1. The molecule has 0 unspecified atom stereocenters. The van der Waals surface area contributed by atoms with Crippen molar-refractivity contribution in [2.24, 2.45) is 0 Å². The number of nitriles is 1. The van der Waals surface area contributed by atoms with E-state index in [9.17, 15) is 23.2 Å². The van der Waals surface area contributed by atoms with Crippen LogP contribution in [0, 0.1) is 11.3 Å². The maximum Gasteiger partial charge on any atom is 0.433 e. The van der Waals surface area contributed by atoms with Crippen molar-refractivity contribution in [3.05, 3.63) is 69.7 Å². The zero-order chi connectivity index (χ0) is 25.6. The molecule has 184 valence electrons. The number of aromatic amines is 1. The molecule has 0 saturated heterocycles. The van der Waals surface area contributed by atoms with Crippen LogP contribution in [0.5, 0.6) is 5.75 Å². The summed E-state index contributed by atoms with van der Waals surface area (Å²) in [7, 11) is 1.52. The second-order valence-electron chi connectivity index (χ2n) is 8.48. The molecule has 1 aliphatic carbocycles. The Balaban J connectivity index is 1.54. The molecule has 3 atom stereocenters. The lowest BCUT2D eigenvalue weighted by Crippen LogP contribution is -2.28. The Kier molecular flexibility index (Phi) is 5.66. The minimum Gasteiger partial charge on any atom is -0.494 e. The average molecular weight is 496 g/mol. The lowest BCUT2D eigenvalue weighted by molar-refractivity contribution is -0.141. The predicted molar refractivity (Wildman–Crippen MR) is 119 cm³/mol. The van der Waals surface area contributed by atoms with E-state index in [1.807, 2.05) is 6.07 Å².